The van der Waals surface area contributed by atoms with E-state index in [1.807, 2.05) is 66.6 Å². The number of aryl methyl sites for hydroxylation is 2. The molecule has 1 N–H and O–H groups in total. The number of anilines is 2. The van der Waals surface area contributed by atoms with Crippen LogP contribution in [0, 0.1) is 20.8 Å². The highest BCUT2D eigenvalue weighted by molar-refractivity contribution is 5.89. The number of nitrogens with zero attached hydrogens (tertiary/aromatic N) is 6. The molecular formula is C21H25N7O. The number of urea groups is 1. The third-order valence-electron chi connectivity index (χ3n) is 5.23. The van der Waals surface area contributed by atoms with E-state index in [2.05, 4.69) is 25.2 Å². The van der Waals surface area contributed by atoms with E-state index in [4.69, 9.17) is 0 Å². The van der Waals surface area contributed by atoms with Crippen molar-refractivity contribution in [2.45, 2.75) is 20.8 Å². The van der Waals surface area contributed by atoms with Crippen LogP contribution in [0.1, 0.15) is 17.2 Å². The molecule has 4 rings (SSSR count). The molecule has 0 saturated carbocycles. The average Bonchev–Trinajstić information content (AvgIpc) is 3.07. The molecule has 0 spiro atoms. The molecule has 0 atom stereocenters. The maximum Gasteiger partial charge on any atom is 0.321 e. The summed E-state index contributed by atoms with van der Waals surface area (Å²) in [4.78, 5) is 30.1. The van der Waals surface area contributed by atoms with E-state index in [0.29, 0.717) is 18.9 Å². The van der Waals surface area contributed by atoms with Gasteiger partial charge in [0.1, 0.15) is 23.8 Å². The molecule has 1 saturated heterocycles. The topological polar surface area (TPSA) is 79.2 Å². The highest BCUT2D eigenvalue weighted by Gasteiger charge is 2.23. The molecule has 0 aliphatic carbocycles. The van der Waals surface area contributed by atoms with Gasteiger partial charge in [0.2, 0.25) is 0 Å². The van der Waals surface area contributed by atoms with Gasteiger partial charge in [-0.3, -0.25) is 4.57 Å². The monoisotopic (exact) mass is 391 g/mol. The zero-order chi connectivity index (χ0) is 20.4. The molecule has 0 bridgehead atoms. The van der Waals surface area contributed by atoms with Crippen molar-refractivity contribution < 1.29 is 4.79 Å². The molecular weight excluding hydrogens is 366 g/mol. The minimum atomic E-state index is -0.0695. The number of rotatable bonds is 3. The third kappa shape index (κ3) is 4.06. The molecule has 1 fully saturated rings. The number of imidazole rings is 1. The van der Waals surface area contributed by atoms with E-state index < -0.39 is 0 Å². The minimum absolute atomic E-state index is 0.0695. The maximum atomic E-state index is 12.5. The van der Waals surface area contributed by atoms with Crippen molar-refractivity contribution in [2.24, 2.45) is 0 Å². The van der Waals surface area contributed by atoms with E-state index in [1.54, 1.807) is 6.33 Å². The van der Waals surface area contributed by atoms with Gasteiger partial charge < -0.3 is 15.1 Å². The second-order valence-electron chi connectivity index (χ2n) is 7.19. The smallest absolute Gasteiger partial charge is 0.321 e. The fraction of sp³-hybridized carbons (Fsp3) is 0.333. The Morgan fingerprint density at radius 2 is 1.66 bits per heavy atom. The average molecular weight is 391 g/mol. The summed E-state index contributed by atoms with van der Waals surface area (Å²) in [7, 11) is 0. The fourth-order valence-corrected chi connectivity index (χ4v) is 3.41. The zero-order valence-corrected chi connectivity index (χ0v) is 17.0. The van der Waals surface area contributed by atoms with Crippen LogP contribution in [-0.2, 0) is 0 Å². The number of hydrogen-bond acceptors (Lipinski definition) is 5. The van der Waals surface area contributed by atoms with E-state index in [-0.39, 0.29) is 6.03 Å². The van der Waals surface area contributed by atoms with Crippen molar-refractivity contribution in [2.75, 3.05) is 36.4 Å². The SMILES string of the molecule is Cc1nc(N2CCN(C(=O)Nc3ccccc3)CC2)cc(-n2cnc(C)c2C)n1. The van der Waals surface area contributed by atoms with Gasteiger partial charge in [-0.2, -0.15) is 0 Å². The molecule has 8 heteroatoms. The third-order valence-corrected chi connectivity index (χ3v) is 5.23. The number of hydrogen-bond donors (Lipinski definition) is 1. The molecule has 2 aromatic heterocycles. The molecule has 2 amide bonds. The number of carbonyl (C=O) groups excluding carboxylic acids is 1. The van der Waals surface area contributed by atoms with Crippen LogP contribution >= 0.6 is 0 Å². The molecule has 1 aliphatic heterocycles. The summed E-state index contributed by atoms with van der Waals surface area (Å²) in [5, 5.41) is 2.95. The summed E-state index contributed by atoms with van der Waals surface area (Å²) < 4.78 is 1.98. The van der Waals surface area contributed by atoms with Gasteiger partial charge in [-0.1, -0.05) is 18.2 Å². The van der Waals surface area contributed by atoms with Crippen LogP contribution in [-0.4, -0.2) is 56.6 Å². The minimum Gasteiger partial charge on any atom is -0.353 e. The van der Waals surface area contributed by atoms with Gasteiger partial charge in [-0.05, 0) is 32.9 Å². The Bertz CT molecular complexity index is 1010. The highest BCUT2D eigenvalue weighted by Crippen LogP contribution is 2.20. The molecule has 1 aromatic carbocycles. The van der Waals surface area contributed by atoms with Gasteiger partial charge in [0, 0.05) is 43.6 Å². The normalized spacial score (nSPS) is 14.2. The largest absolute Gasteiger partial charge is 0.353 e. The van der Waals surface area contributed by atoms with E-state index in [1.165, 1.54) is 0 Å². The number of aromatic nitrogens is 4. The number of carbonyl (C=O) groups is 1. The quantitative estimate of drug-likeness (QED) is 0.743. The Kier molecular flexibility index (Phi) is 5.16. The van der Waals surface area contributed by atoms with Crippen molar-refractivity contribution in [3.8, 4) is 5.82 Å². The summed E-state index contributed by atoms with van der Waals surface area (Å²) in [6.07, 6.45) is 1.79. The zero-order valence-electron chi connectivity index (χ0n) is 17.0. The van der Waals surface area contributed by atoms with Crippen LogP contribution in [0.2, 0.25) is 0 Å². The van der Waals surface area contributed by atoms with Crippen molar-refractivity contribution in [3.05, 3.63) is 59.9 Å². The first-order valence-electron chi connectivity index (χ1n) is 9.74. The van der Waals surface area contributed by atoms with Crippen molar-refractivity contribution in [1.82, 2.24) is 24.4 Å². The van der Waals surface area contributed by atoms with Gasteiger partial charge in [0.25, 0.3) is 0 Å². The first-order valence-corrected chi connectivity index (χ1v) is 9.74. The van der Waals surface area contributed by atoms with Crippen molar-refractivity contribution in [3.63, 3.8) is 0 Å². The predicted molar refractivity (Wildman–Crippen MR) is 113 cm³/mol. The molecule has 1 aliphatic rings. The van der Waals surface area contributed by atoms with Crippen LogP contribution < -0.4 is 10.2 Å². The van der Waals surface area contributed by atoms with Gasteiger partial charge >= 0.3 is 6.03 Å². The first kappa shape index (κ1) is 18.9. The van der Waals surface area contributed by atoms with E-state index >= 15 is 0 Å². The van der Waals surface area contributed by atoms with Gasteiger partial charge in [0.15, 0.2) is 0 Å². The molecule has 3 heterocycles. The van der Waals surface area contributed by atoms with Crippen molar-refractivity contribution >= 4 is 17.5 Å². The van der Waals surface area contributed by atoms with Gasteiger partial charge in [-0.15, -0.1) is 0 Å². The Morgan fingerprint density at radius 3 is 2.31 bits per heavy atom. The summed E-state index contributed by atoms with van der Waals surface area (Å²) in [6.45, 7) is 8.64. The second-order valence-corrected chi connectivity index (χ2v) is 7.19. The maximum absolute atomic E-state index is 12.5. The lowest BCUT2D eigenvalue weighted by atomic mass is 10.3. The predicted octanol–water partition coefficient (Wildman–Crippen LogP) is 2.94. The number of benzene rings is 1. The fourth-order valence-electron chi connectivity index (χ4n) is 3.41. The Labute approximate surface area is 170 Å². The highest BCUT2D eigenvalue weighted by atomic mass is 16.2. The summed E-state index contributed by atoms with van der Waals surface area (Å²) in [6, 6.07) is 11.4. The molecule has 0 unspecified atom stereocenters. The number of amides is 2. The second kappa shape index (κ2) is 7.90. The van der Waals surface area contributed by atoms with Crippen LogP contribution in [0.25, 0.3) is 5.82 Å². The summed E-state index contributed by atoms with van der Waals surface area (Å²) in [5.41, 5.74) is 2.86. The van der Waals surface area contributed by atoms with E-state index in [9.17, 15) is 4.79 Å². The number of piperazine rings is 1. The summed E-state index contributed by atoms with van der Waals surface area (Å²) >= 11 is 0. The van der Waals surface area contributed by atoms with Crippen LogP contribution in [0.3, 0.4) is 0 Å². The summed E-state index contributed by atoms with van der Waals surface area (Å²) in [5.74, 6) is 2.41. The molecule has 150 valence electrons. The lowest BCUT2D eigenvalue weighted by Gasteiger charge is -2.35. The Hall–Kier alpha value is -3.42. The molecule has 3 aromatic rings. The van der Waals surface area contributed by atoms with E-state index in [0.717, 1.165) is 41.8 Å². The van der Waals surface area contributed by atoms with Gasteiger partial charge in [0.05, 0.1) is 5.69 Å². The molecule has 0 radical (unpaired) electrons. The first-order chi connectivity index (χ1) is 14.0. The van der Waals surface area contributed by atoms with Crippen LogP contribution in [0.4, 0.5) is 16.3 Å². The lowest BCUT2D eigenvalue weighted by molar-refractivity contribution is 0.208. The van der Waals surface area contributed by atoms with Crippen molar-refractivity contribution in [1.29, 1.82) is 0 Å². The Balaban J connectivity index is 1.44. The number of nitrogens with one attached hydrogen (secondary N) is 1. The Morgan fingerprint density at radius 1 is 0.966 bits per heavy atom. The lowest BCUT2D eigenvalue weighted by Crippen LogP contribution is -2.50. The molecule has 29 heavy (non-hydrogen) atoms. The molecule has 8 nitrogen and oxygen atoms in total. The van der Waals surface area contributed by atoms with Gasteiger partial charge in [-0.25, -0.2) is 19.7 Å². The van der Waals surface area contributed by atoms with Crippen LogP contribution in [0.5, 0.6) is 0 Å². The standard InChI is InChI=1S/C21H25N7O/c1-15-16(2)28(14-22-15)20-13-19(23-17(3)24-20)26-9-11-27(12-10-26)21(29)25-18-7-5-4-6-8-18/h4-8,13-14H,9-12H2,1-3H3,(H,25,29). The van der Waals surface area contributed by atoms with Crippen LogP contribution in [0.15, 0.2) is 42.7 Å². The number of para-hydroxylation sites is 1.